The van der Waals surface area contributed by atoms with Crippen LogP contribution in [0.4, 0.5) is 0 Å². The molecule has 0 aromatic heterocycles. The van der Waals surface area contributed by atoms with Gasteiger partial charge in [0.05, 0.1) is 9.75 Å². The summed E-state index contributed by atoms with van der Waals surface area (Å²) < 4.78 is 0. The van der Waals surface area contributed by atoms with E-state index in [2.05, 4.69) is 65.8 Å². The molecule has 0 unspecified atom stereocenters. The smallest absolute Gasteiger partial charge is 0.0891 e. The topological polar surface area (TPSA) is 0 Å². The van der Waals surface area contributed by atoms with Crippen LogP contribution in [0.3, 0.4) is 0 Å². The fraction of sp³-hybridized carbons (Fsp3) is 0.529. The van der Waals surface area contributed by atoms with Crippen LogP contribution < -0.4 is 0 Å². The van der Waals surface area contributed by atoms with Crippen LogP contribution in [-0.2, 0) is 0 Å². The monoisotopic (exact) mass is 296 g/mol. The first-order valence-electron chi connectivity index (χ1n) is 6.69. The largest absolute Gasteiger partial charge is 0.109 e. The fourth-order valence-corrected chi connectivity index (χ4v) is 3.83. The van der Waals surface area contributed by atoms with E-state index in [-0.39, 0.29) is 5.41 Å². The van der Waals surface area contributed by atoms with Gasteiger partial charge < -0.3 is 0 Å². The van der Waals surface area contributed by atoms with Crippen LogP contribution in [0.2, 0.25) is 0 Å². The number of hydrogen-bond donors (Lipinski definition) is 0. The number of hydrogen-bond acceptors (Lipinski definition) is 0. The summed E-state index contributed by atoms with van der Waals surface area (Å²) in [5.74, 6) is 0. The maximum atomic E-state index is 6.92. The standard InChI is InChI=1S/C17H22Cl2/c1-11-7-16(18,8-12(11)2)15(5,6)17(19)9-13(3)14(4)10-17/h7-10H,1-6H3. The first-order chi connectivity index (χ1) is 8.52. The van der Waals surface area contributed by atoms with Crippen molar-refractivity contribution in [1.29, 1.82) is 0 Å². The summed E-state index contributed by atoms with van der Waals surface area (Å²) in [6.07, 6.45) is 8.55. The molecule has 0 heterocycles. The highest BCUT2D eigenvalue weighted by atomic mass is 35.5. The highest BCUT2D eigenvalue weighted by molar-refractivity contribution is 6.32. The van der Waals surface area contributed by atoms with Crippen molar-refractivity contribution in [2.24, 2.45) is 5.41 Å². The Hall–Kier alpha value is -0.460. The maximum absolute atomic E-state index is 6.92. The molecule has 2 heteroatoms. The highest BCUT2D eigenvalue weighted by Crippen LogP contribution is 2.56. The first-order valence-corrected chi connectivity index (χ1v) is 7.44. The Morgan fingerprint density at radius 1 is 0.684 bits per heavy atom. The SMILES string of the molecule is CC1=CC(Cl)(C(C)(C)C2(Cl)C=C(C)C(C)=C2)C=C1C. The molecule has 0 aromatic carbocycles. The Bertz CT molecular complexity index is 458. The van der Waals surface area contributed by atoms with Gasteiger partial charge in [-0.15, -0.1) is 23.2 Å². The lowest BCUT2D eigenvalue weighted by Gasteiger charge is -2.45. The van der Waals surface area contributed by atoms with E-state index in [4.69, 9.17) is 23.2 Å². The lowest BCUT2D eigenvalue weighted by atomic mass is 9.68. The molecule has 2 aliphatic rings. The minimum atomic E-state index is -0.541. The molecule has 0 N–H and O–H groups in total. The predicted molar refractivity (Wildman–Crippen MR) is 86.0 cm³/mol. The van der Waals surface area contributed by atoms with Crippen LogP contribution in [0.5, 0.6) is 0 Å². The molecule has 19 heavy (non-hydrogen) atoms. The zero-order valence-corrected chi connectivity index (χ0v) is 14.1. The summed E-state index contributed by atoms with van der Waals surface area (Å²) in [7, 11) is 0. The molecule has 2 aliphatic carbocycles. The van der Waals surface area contributed by atoms with E-state index in [1.807, 2.05) is 0 Å². The van der Waals surface area contributed by atoms with Crippen LogP contribution in [0.15, 0.2) is 46.6 Å². The quantitative estimate of drug-likeness (QED) is 0.567. The van der Waals surface area contributed by atoms with Gasteiger partial charge in [-0.25, -0.2) is 0 Å². The van der Waals surface area contributed by atoms with Gasteiger partial charge in [0, 0.05) is 5.41 Å². The minimum absolute atomic E-state index is 0.318. The average Bonchev–Trinajstić information content (AvgIpc) is 2.67. The van der Waals surface area contributed by atoms with Crippen LogP contribution in [0.25, 0.3) is 0 Å². The third kappa shape index (κ3) is 2.04. The third-order valence-electron chi connectivity index (χ3n) is 4.87. The molecule has 0 saturated heterocycles. The number of halogens is 2. The summed E-state index contributed by atoms with van der Waals surface area (Å²) in [6.45, 7) is 12.7. The van der Waals surface area contributed by atoms with Crippen molar-refractivity contribution in [3.05, 3.63) is 46.6 Å². The maximum Gasteiger partial charge on any atom is 0.0891 e. The molecule has 0 radical (unpaired) electrons. The van der Waals surface area contributed by atoms with E-state index in [1.165, 1.54) is 22.3 Å². The van der Waals surface area contributed by atoms with E-state index < -0.39 is 9.75 Å². The van der Waals surface area contributed by atoms with Crippen molar-refractivity contribution in [1.82, 2.24) is 0 Å². The average molecular weight is 297 g/mol. The number of rotatable bonds is 2. The molecule has 104 valence electrons. The molecule has 0 aromatic rings. The van der Waals surface area contributed by atoms with Gasteiger partial charge in [-0.2, -0.15) is 0 Å². The van der Waals surface area contributed by atoms with Gasteiger partial charge in [0.25, 0.3) is 0 Å². The van der Waals surface area contributed by atoms with Crippen LogP contribution >= 0.6 is 23.2 Å². The number of alkyl halides is 2. The van der Waals surface area contributed by atoms with E-state index >= 15 is 0 Å². The second kappa shape index (κ2) is 4.27. The molecule has 0 bridgehead atoms. The molecule has 0 amide bonds. The van der Waals surface area contributed by atoms with E-state index in [9.17, 15) is 0 Å². The summed E-state index contributed by atoms with van der Waals surface area (Å²) in [5, 5.41) is 0. The van der Waals surface area contributed by atoms with Gasteiger partial charge in [-0.3, -0.25) is 0 Å². The van der Waals surface area contributed by atoms with Gasteiger partial charge in [0.1, 0.15) is 0 Å². The van der Waals surface area contributed by atoms with E-state index in [0.717, 1.165) is 0 Å². The van der Waals surface area contributed by atoms with Crippen molar-refractivity contribution < 1.29 is 0 Å². The van der Waals surface area contributed by atoms with E-state index in [0.29, 0.717) is 0 Å². The zero-order chi connectivity index (χ0) is 14.6. The second-order valence-electron chi connectivity index (χ2n) is 6.47. The Morgan fingerprint density at radius 3 is 1.11 bits per heavy atom. The van der Waals surface area contributed by atoms with Crippen LogP contribution in [0, 0.1) is 5.41 Å². The Labute approximate surface area is 126 Å². The van der Waals surface area contributed by atoms with Gasteiger partial charge in [-0.1, -0.05) is 60.4 Å². The predicted octanol–water partition coefficient (Wildman–Crippen LogP) is 5.78. The molecule has 0 nitrogen and oxygen atoms in total. The van der Waals surface area contributed by atoms with E-state index in [1.54, 1.807) is 0 Å². The summed E-state index contributed by atoms with van der Waals surface area (Å²) in [4.78, 5) is -1.08. The van der Waals surface area contributed by atoms with Crippen LogP contribution in [0.1, 0.15) is 41.5 Å². The van der Waals surface area contributed by atoms with Crippen molar-refractivity contribution in [3.63, 3.8) is 0 Å². The Balaban J connectivity index is 2.52. The van der Waals surface area contributed by atoms with Gasteiger partial charge >= 0.3 is 0 Å². The first kappa shape index (κ1) is 14.9. The summed E-state index contributed by atoms with van der Waals surface area (Å²) >= 11 is 13.8. The molecule has 0 fully saturated rings. The third-order valence-corrected chi connectivity index (χ3v) is 6.25. The zero-order valence-electron chi connectivity index (χ0n) is 12.6. The van der Waals surface area contributed by atoms with Gasteiger partial charge in [-0.05, 0) is 27.7 Å². The summed E-state index contributed by atoms with van der Waals surface area (Å²) in [5.41, 5.74) is 4.64. The van der Waals surface area contributed by atoms with Gasteiger partial charge in [0.2, 0.25) is 0 Å². The van der Waals surface area contributed by atoms with Crippen molar-refractivity contribution in [2.75, 3.05) is 0 Å². The molecule has 0 spiro atoms. The van der Waals surface area contributed by atoms with Crippen molar-refractivity contribution in [2.45, 2.75) is 51.3 Å². The normalized spacial score (nSPS) is 24.8. The minimum Gasteiger partial charge on any atom is -0.109 e. The fourth-order valence-electron chi connectivity index (χ4n) is 2.81. The summed E-state index contributed by atoms with van der Waals surface area (Å²) in [6, 6.07) is 0. The second-order valence-corrected chi connectivity index (χ2v) is 7.72. The van der Waals surface area contributed by atoms with Crippen LogP contribution in [-0.4, -0.2) is 9.75 Å². The van der Waals surface area contributed by atoms with Crippen molar-refractivity contribution >= 4 is 23.2 Å². The highest BCUT2D eigenvalue weighted by Gasteiger charge is 2.54. The van der Waals surface area contributed by atoms with Crippen molar-refractivity contribution in [3.8, 4) is 0 Å². The molecule has 0 atom stereocenters. The molecule has 0 aliphatic heterocycles. The molecular formula is C17H22Cl2. The lowest BCUT2D eigenvalue weighted by Crippen LogP contribution is -2.48. The lowest BCUT2D eigenvalue weighted by molar-refractivity contribution is 0.291. The molecule has 0 saturated carbocycles. The molecule has 2 rings (SSSR count). The number of allylic oxidation sites excluding steroid dienone is 8. The Morgan fingerprint density at radius 2 is 0.895 bits per heavy atom. The van der Waals surface area contributed by atoms with Gasteiger partial charge in [0.15, 0.2) is 0 Å². The molecular weight excluding hydrogens is 275 g/mol. The Kier molecular flexibility index (Phi) is 3.35.